The third-order valence-corrected chi connectivity index (χ3v) is 5.27. The molecule has 29 heavy (non-hydrogen) atoms. The zero-order valence-electron chi connectivity index (χ0n) is 16.7. The van der Waals surface area contributed by atoms with E-state index in [2.05, 4.69) is 12.2 Å². The van der Waals surface area contributed by atoms with E-state index in [1.165, 1.54) is 11.6 Å². The van der Waals surface area contributed by atoms with Crippen molar-refractivity contribution in [2.75, 3.05) is 18.2 Å². The van der Waals surface area contributed by atoms with E-state index < -0.39 is 10.1 Å². The van der Waals surface area contributed by atoms with Gasteiger partial charge in [-0.15, -0.1) is 0 Å². The van der Waals surface area contributed by atoms with Crippen LogP contribution in [0.4, 0.5) is 5.69 Å². The number of amides is 1. The molecule has 7 heteroatoms. The van der Waals surface area contributed by atoms with Gasteiger partial charge in [-0.1, -0.05) is 31.2 Å². The van der Waals surface area contributed by atoms with Crippen molar-refractivity contribution in [3.63, 3.8) is 0 Å². The van der Waals surface area contributed by atoms with Gasteiger partial charge in [-0.3, -0.25) is 9.35 Å². The first-order valence-electron chi connectivity index (χ1n) is 9.51. The standard InChI is InChI=1S/C22H27NO5S/c1-3-17-8-12-20(13-9-17)23-22(24)14-10-18-7-11-19(21(16-18)28-2)6-4-5-15-29(25,26)27/h7-14,16H,3-6,15H2,1-2H3,(H,23,24)(H,25,26,27). The minimum atomic E-state index is -3.92. The Morgan fingerprint density at radius 1 is 1.14 bits per heavy atom. The third kappa shape index (κ3) is 8.09. The minimum Gasteiger partial charge on any atom is -0.496 e. The summed E-state index contributed by atoms with van der Waals surface area (Å²) in [5, 5.41) is 2.82. The van der Waals surface area contributed by atoms with Gasteiger partial charge < -0.3 is 10.1 Å². The van der Waals surface area contributed by atoms with Crippen molar-refractivity contribution in [3.05, 3.63) is 65.2 Å². The van der Waals surface area contributed by atoms with Gasteiger partial charge in [0, 0.05) is 11.8 Å². The van der Waals surface area contributed by atoms with Gasteiger partial charge in [-0.05, 0) is 66.6 Å². The number of benzene rings is 2. The molecular weight excluding hydrogens is 390 g/mol. The zero-order valence-corrected chi connectivity index (χ0v) is 17.5. The number of anilines is 1. The predicted octanol–water partition coefficient (Wildman–Crippen LogP) is 4.12. The summed E-state index contributed by atoms with van der Waals surface area (Å²) >= 11 is 0. The molecule has 0 fully saturated rings. The lowest BCUT2D eigenvalue weighted by molar-refractivity contribution is -0.111. The maximum atomic E-state index is 12.1. The van der Waals surface area contributed by atoms with Crippen molar-refractivity contribution in [1.82, 2.24) is 0 Å². The Labute approximate surface area is 172 Å². The number of carbonyl (C=O) groups is 1. The fraction of sp³-hybridized carbons (Fsp3) is 0.318. The van der Waals surface area contributed by atoms with Crippen molar-refractivity contribution in [3.8, 4) is 5.75 Å². The second-order valence-corrected chi connectivity index (χ2v) is 8.26. The van der Waals surface area contributed by atoms with Gasteiger partial charge in [0.2, 0.25) is 5.91 Å². The summed E-state index contributed by atoms with van der Waals surface area (Å²) in [6.45, 7) is 2.08. The van der Waals surface area contributed by atoms with Crippen LogP contribution in [0.3, 0.4) is 0 Å². The van der Waals surface area contributed by atoms with Crippen molar-refractivity contribution in [2.24, 2.45) is 0 Å². The maximum Gasteiger partial charge on any atom is 0.264 e. The number of nitrogens with one attached hydrogen (secondary N) is 1. The predicted molar refractivity (Wildman–Crippen MR) is 116 cm³/mol. The summed E-state index contributed by atoms with van der Waals surface area (Å²) in [4.78, 5) is 12.1. The van der Waals surface area contributed by atoms with Crippen LogP contribution in [-0.4, -0.2) is 31.7 Å². The average Bonchev–Trinajstić information content (AvgIpc) is 2.70. The zero-order chi connectivity index (χ0) is 21.3. The summed E-state index contributed by atoms with van der Waals surface area (Å²) in [6.07, 6.45) is 5.76. The highest BCUT2D eigenvalue weighted by Crippen LogP contribution is 2.23. The van der Waals surface area contributed by atoms with Gasteiger partial charge in [0.15, 0.2) is 0 Å². The van der Waals surface area contributed by atoms with E-state index in [1.54, 1.807) is 13.2 Å². The first-order chi connectivity index (χ1) is 13.8. The molecule has 0 aliphatic rings. The molecule has 0 heterocycles. The normalized spacial score (nSPS) is 11.6. The summed E-state index contributed by atoms with van der Waals surface area (Å²) in [5.41, 5.74) is 3.72. The van der Waals surface area contributed by atoms with Crippen LogP contribution < -0.4 is 10.1 Å². The van der Waals surface area contributed by atoms with Crippen molar-refractivity contribution in [2.45, 2.75) is 32.6 Å². The molecule has 0 aromatic heterocycles. The number of hydrogen-bond acceptors (Lipinski definition) is 4. The molecule has 0 aliphatic heterocycles. The quantitative estimate of drug-likeness (QED) is 0.345. The van der Waals surface area contributed by atoms with Crippen LogP contribution in [0.1, 0.15) is 36.5 Å². The summed E-state index contributed by atoms with van der Waals surface area (Å²) in [6, 6.07) is 13.3. The number of methoxy groups -OCH3 is 1. The minimum absolute atomic E-state index is 0.220. The number of unbranched alkanes of at least 4 members (excludes halogenated alkanes) is 1. The van der Waals surface area contributed by atoms with Crippen LogP contribution >= 0.6 is 0 Å². The van der Waals surface area contributed by atoms with Crippen molar-refractivity contribution in [1.29, 1.82) is 0 Å². The number of ether oxygens (including phenoxy) is 1. The molecule has 2 rings (SSSR count). The second kappa shape index (κ2) is 10.8. The van der Waals surface area contributed by atoms with Crippen LogP contribution in [-0.2, 0) is 27.8 Å². The highest BCUT2D eigenvalue weighted by molar-refractivity contribution is 7.85. The monoisotopic (exact) mass is 417 g/mol. The molecule has 1 amide bonds. The number of carbonyl (C=O) groups excluding carboxylic acids is 1. The first-order valence-corrected chi connectivity index (χ1v) is 11.1. The van der Waals surface area contributed by atoms with E-state index in [4.69, 9.17) is 9.29 Å². The van der Waals surface area contributed by atoms with Gasteiger partial charge >= 0.3 is 0 Å². The van der Waals surface area contributed by atoms with Crippen LogP contribution in [0.25, 0.3) is 6.08 Å². The molecule has 0 saturated heterocycles. The largest absolute Gasteiger partial charge is 0.496 e. The molecule has 2 aromatic rings. The molecular formula is C22H27NO5S. The van der Waals surface area contributed by atoms with Crippen LogP contribution in [0, 0.1) is 0 Å². The van der Waals surface area contributed by atoms with E-state index in [0.717, 1.165) is 23.2 Å². The molecule has 6 nitrogen and oxygen atoms in total. The highest BCUT2D eigenvalue weighted by Gasteiger charge is 2.07. The molecule has 156 valence electrons. The number of hydrogen-bond donors (Lipinski definition) is 2. The molecule has 2 N–H and O–H groups in total. The molecule has 0 unspecified atom stereocenters. The average molecular weight is 418 g/mol. The smallest absolute Gasteiger partial charge is 0.264 e. The Bertz CT molecular complexity index is 950. The second-order valence-electron chi connectivity index (χ2n) is 6.69. The molecule has 0 radical (unpaired) electrons. The maximum absolute atomic E-state index is 12.1. The molecule has 2 aromatic carbocycles. The first kappa shape index (κ1) is 22.6. The van der Waals surface area contributed by atoms with Gasteiger partial charge in [0.05, 0.1) is 12.9 Å². The lowest BCUT2D eigenvalue weighted by Crippen LogP contribution is -2.07. The number of aryl methyl sites for hydroxylation is 2. The molecule has 0 bridgehead atoms. The van der Waals surface area contributed by atoms with E-state index in [1.807, 2.05) is 42.5 Å². The van der Waals surface area contributed by atoms with Crippen LogP contribution in [0.5, 0.6) is 5.75 Å². The van der Waals surface area contributed by atoms with Gasteiger partial charge in [-0.2, -0.15) is 8.42 Å². The van der Waals surface area contributed by atoms with Crippen LogP contribution in [0.2, 0.25) is 0 Å². The van der Waals surface area contributed by atoms with Gasteiger partial charge in [-0.25, -0.2) is 0 Å². The summed E-state index contributed by atoms with van der Waals surface area (Å²) in [5.74, 6) is 0.212. The van der Waals surface area contributed by atoms with Crippen LogP contribution in [0.15, 0.2) is 48.5 Å². The van der Waals surface area contributed by atoms with Crippen molar-refractivity contribution >= 4 is 27.8 Å². The lowest BCUT2D eigenvalue weighted by atomic mass is 10.0. The molecule has 0 saturated carbocycles. The van der Waals surface area contributed by atoms with Gasteiger partial charge in [0.25, 0.3) is 10.1 Å². The molecule has 0 atom stereocenters. The highest BCUT2D eigenvalue weighted by atomic mass is 32.2. The Hall–Kier alpha value is -2.64. The van der Waals surface area contributed by atoms with E-state index in [9.17, 15) is 13.2 Å². The summed E-state index contributed by atoms with van der Waals surface area (Å²) in [7, 11) is -2.35. The molecule has 0 aliphatic carbocycles. The Kier molecular flexibility index (Phi) is 8.42. The van der Waals surface area contributed by atoms with Crippen molar-refractivity contribution < 1.29 is 22.5 Å². The lowest BCUT2D eigenvalue weighted by Gasteiger charge is -2.09. The summed E-state index contributed by atoms with van der Waals surface area (Å²) < 4.78 is 35.7. The molecule has 0 spiro atoms. The van der Waals surface area contributed by atoms with E-state index in [0.29, 0.717) is 25.0 Å². The van der Waals surface area contributed by atoms with Gasteiger partial charge in [0.1, 0.15) is 5.75 Å². The topological polar surface area (TPSA) is 92.7 Å². The Morgan fingerprint density at radius 2 is 1.86 bits per heavy atom. The fourth-order valence-corrected chi connectivity index (χ4v) is 3.42. The Balaban J connectivity index is 1.94. The van der Waals surface area contributed by atoms with E-state index in [-0.39, 0.29) is 11.7 Å². The SMILES string of the molecule is CCc1ccc(NC(=O)C=Cc2ccc(CCCCS(=O)(=O)O)c(OC)c2)cc1. The Morgan fingerprint density at radius 3 is 2.48 bits per heavy atom. The third-order valence-electron chi connectivity index (χ3n) is 4.47. The van der Waals surface area contributed by atoms with E-state index >= 15 is 0 Å². The fourth-order valence-electron chi connectivity index (χ4n) is 2.85. The number of rotatable bonds is 10.